The Morgan fingerprint density at radius 2 is 1.84 bits per heavy atom. The lowest BCUT2D eigenvalue weighted by Gasteiger charge is -2.40. The third-order valence-electron chi connectivity index (χ3n) is 8.16. The number of benzene rings is 1. The maximum atomic E-state index is 13.4. The van der Waals surface area contributed by atoms with Gasteiger partial charge in [-0.3, -0.25) is 9.69 Å². The van der Waals surface area contributed by atoms with Gasteiger partial charge in [0.2, 0.25) is 5.88 Å². The van der Waals surface area contributed by atoms with Gasteiger partial charge in [0, 0.05) is 39.3 Å². The standard InChI is InChI=1S/C34H44N6O9/c1-6-46-31-26(9-10-29(37-31)38-11-13-39(14-12-38)32(43)45-5)30(42)36-18-28(41)27-16-22-7-8-24(47-20-25-17-35-21-48-25)15-23(22)19-40(27)33(44)49-34(2,3)4/h7-10,15,17,21,27-28,41H,6,11-14,16,18-20H2,1-5H3,(H,36,42)/t27-,28+/m0/s1. The lowest BCUT2D eigenvalue weighted by atomic mass is 9.91. The molecule has 15 heteroatoms. The van der Waals surface area contributed by atoms with Crippen molar-refractivity contribution in [3.63, 3.8) is 0 Å². The summed E-state index contributed by atoms with van der Waals surface area (Å²) in [7, 11) is 1.36. The molecule has 2 atom stereocenters. The van der Waals surface area contributed by atoms with Crippen LogP contribution in [0.25, 0.3) is 0 Å². The minimum absolute atomic E-state index is 0.140. The van der Waals surface area contributed by atoms with E-state index in [9.17, 15) is 19.5 Å². The van der Waals surface area contributed by atoms with E-state index >= 15 is 0 Å². The van der Waals surface area contributed by atoms with Crippen LogP contribution in [0.1, 0.15) is 54.9 Å². The molecular weight excluding hydrogens is 636 g/mol. The number of aliphatic hydroxyl groups excluding tert-OH is 1. The number of carbonyl (C=O) groups excluding carboxylic acids is 3. The number of pyridine rings is 1. The van der Waals surface area contributed by atoms with Gasteiger partial charge in [-0.1, -0.05) is 6.07 Å². The summed E-state index contributed by atoms with van der Waals surface area (Å²) in [4.78, 5) is 52.3. The lowest BCUT2D eigenvalue weighted by Crippen LogP contribution is -2.54. The van der Waals surface area contributed by atoms with Gasteiger partial charge < -0.3 is 43.6 Å². The number of rotatable bonds is 10. The van der Waals surface area contributed by atoms with E-state index in [1.54, 1.807) is 50.9 Å². The maximum absolute atomic E-state index is 13.4. The number of oxazole rings is 1. The predicted molar refractivity (Wildman–Crippen MR) is 176 cm³/mol. The van der Waals surface area contributed by atoms with Crippen LogP contribution in [0, 0.1) is 0 Å². The number of nitrogens with zero attached hydrogens (tertiary/aromatic N) is 5. The van der Waals surface area contributed by atoms with Gasteiger partial charge in [0.15, 0.2) is 12.2 Å². The number of piperazine rings is 1. The summed E-state index contributed by atoms with van der Waals surface area (Å²) >= 11 is 0. The van der Waals surface area contributed by atoms with Gasteiger partial charge in [-0.2, -0.15) is 4.98 Å². The summed E-state index contributed by atoms with van der Waals surface area (Å²) < 4.78 is 27.4. The number of carbonyl (C=O) groups is 3. The molecule has 49 heavy (non-hydrogen) atoms. The number of aliphatic hydroxyl groups is 1. The Hall–Kier alpha value is -5.05. The Kier molecular flexibility index (Phi) is 11.1. The molecule has 1 saturated heterocycles. The zero-order chi connectivity index (χ0) is 35.1. The fourth-order valence-electron chi connectivity index (χ4n) is 5.71. The molecule has 5 rings (SSSR count). The van der Waals surface area contributed by atoms with E-state index in [1.807, 2.05) is 23.1 Å². The van der Waals surface area contributed by atoms with Crippen LogP contribution in [0.2, 0.25) is 0 Å². The van der Waals surface area contributed by atoms with Gasteiger partial charge in [-0.15, -0.1) is 0 Å². The van der Waals surface area contributed by atoms with Crippen LogP contribution in [-0.4, -0.2) is 107 Å². The number of ether oxygens (including phenoxy) is 4. The molecule has 0 spiro atoms. The third-order valence-corrected chi connectivity index (χ3v) is 8.16. The van der Waals surface area contributed by atoms with Gasteiger partial charge in [0.1, 0.15) is 29.3 Å². The zero-order valence-electron chi connectivity index (χ0n) is 28.5. The molecule has 3 aromatic rings. The van der Waals surface area contributed by atoms with Crippen LogP contribution < -0.4 is 19.7 Å². The molecule has 1 aromatic carbocycles. The van der Waals surface area contributed by atoms with Crippen LogP contribution in [0.5, 0.6) is 11.6 Å². The molecule has 1 fully saturated rings. The molecule has 0 bridgehead atoms. The highest BCUT2D eigenvalue weighted by Crippen LogP contribution is 2.30. The monoisotopic (exact) mass is 680 g/mol. The van der Waals surface area contributed by atoms with Crippen LogP contribution in [0.4, 0.5) is 15.4 Å². The van der Waals surface area contributed by atoms with Crippen molar-refractivity contribution in [2.24, 2.45) is 0 Å². The molecule has 4 heterocycles. The molecule has 2 aromatic heterocycles. The molecule has 0 saturated carbocycles. The molecule has 2 N–H and O–H groups in total. The summed E-state index contributed by atoms with van der Waals surface area (Å²) in [5, 5.41) is 14.2. The largest absolute Gasteiger partial charge is 0.486 e. The first-order valence-electron chi connectivity index (χ1n) is 16.2. The number of hydrogen-bond donors (Lipinski definition) is 2. The van der Waals surface area contributed by atoms with Crippen LogP contribution in [-0.2, 0) is 29.0 Å². The predicted octanol–water partition coefficient (Wildman–Crippen LogP) is 3.39. The second-order valence-corrected chi connectivity index (χ2v) is 12.7. The number of hydrogen-bond acceptors (Lipinski definition) is 12. The number of fused-ring (bicyclic) bond motifs is 1. The molecule has 2 aliphatic rings. The molecule has 3 amide bonds. The second-order valence-electron chi connectivity index (χ2n) is 12.7. The van der Waals surface area contributed by atoms with E-state index in [0.717, 1.165) is 11.1 Å². The summed E-state index contributed by atoms with van der Waals surface area (Å²) in [6.45, 7) is 9.69. The zero-order valence-corrected chi connectivity index (χ0v) is 28.5. The van der Waals surface area contributed by atoms with Crippen molar-refractivity contribution < 1.29 is 42.9 Å². The van der Waals surface area contributed by atoms with Crippen molar-refractivity contribution >= 4 is 23.9 Å². The van der Waals surface area contributed by atoms with Gasteiger partial charge >= 0.3 is 12.2 Å². The first-order valence-corrected chi connectivity index (χ1v) is 16.2. The topological polar surface area (TPSA) is 169 Å². The Bertz CT molecular complexity index is 1600. The molecular formula is C34H44N6O9. The Morgan fingerprint density at radius 3 is 2.51 bits per heavy atom. The first kappa shape index (κ1) is 35.3. The van der Waals surface area contributed by atoms with Crippen molar-refractivity contribution in [2.45, 2.75) is 65.0 Å². The minimum Gasteiger partial charge on any atom is -0.486 e. The molecule has 0 radical (unpaired) electrons. The Balaban J connectivity index is 1.27. The highest BCUT2D eigenvalue weighted by atomic mass is 16.6. The maximum Gasteiger partial charge on any atom is 0.410 e. The SMILES string of the molecule is CCOc1nc(N2CCN(C(=O)OC)CC2)ccc1C(=O)NC[C@@H](O)[C@@H]1Cc2ccc(OCc3cnco3)cc2CN1C(=O)OC(C)(C)C. The highest BCUT2D eigenvalue weighted by molar-refractivity contribution is 5.96. The van der Waals surface area contributed by atoms with Gasteiger partial charge in [0.25, 0.3) is 5.91 Å². The normalized spacial score (nSPS) is 16.8. The second kappa shape index (κ2) is 15.4. The van der Waals surface area contributed by atoms with Crippen LogP contribution in [0.15, 0.2) is 47.3 Å². The van der Waals surface area contributed by atoms with Crippen molar-refractivity contribution in [2.75, 3.05) is 51.3 Å². The van der Waals surface area contributed by atoms with Crippen molar-refractivity contribution in [3.05, 3.63) is 65.4 Å². The lowest BCUT2D eigenvalue weighted by molar-refractivity contribution is -0.0113. The average molecular weight is 681 g/mol. The summed E-state index contributed by atoms with van der Waals surface area (Å²) in [5.74, 6) is 1.47. The number of nitrogens with one attached hydrogen (secondary N) is 1. The van der Waals surface area contributed by atoms with E-state index in [1.165, 1.54) is 18.4 Å². The molecule has 0 unspecified atom stereocenters. The summed E-state index contributed by atoms with van der Waals surface area (Å²) in [5.41, 5.74) is 1.25. The molecule has 2 aliphatic heterocycles. The van der Waals surface area contributed by atoms with E-state index < -0.39 is 29.7 Å². The third kappa shape index (κ3) is 8.90. The van der Waals surface area contributed by atoms with Crippen molar-refractivity contribution in [3.8, 4) is 11.6 Å². The fourth-order valence-corrected chi connectivity index (χ4v) is 5.71. The van der Waals surface area contributed by atoms with Gasteiger partial charge in [-0.25, -0.2) is 14.6 Å². The number of amides is 3. The van der Waals surface area contributed by atoms with Gasteiger partial charge in [-0.05, 0) is 69.5 Å². The van der Waals surface area contributed by atoms with Gasteiger partial charge in [0.05, 0.1) is 32.1 Å². The number of anilines is 1. The van der Waals surface area contributed by atoms with Crippen molar-refractivity contribution in [1.29, 1.82) is 0 Å². The average Bonchev–Trinajstić information content (AvgIpc) is 3.62. The van der Waals surface area contributed by atoms with Crippen LogP contribution in [0.3, 0.4) is 0 Å². The first-order chi connectivity index (χ1) is 23.5. The Labute approximate surface area is 285 Å². The number of methoxy groups -OCH3 is 1. The van der Waals surface area contributed by atoms with Crippen molar-refractivity contribution in [1.82, 2.24) is 25.1 Å². The fraction of sp³-hybridized carbons (Fsp3) is 0.500. The summed E-state index contributed by atoms with van der Waals surface area (Å²) in [6, 6.07) is 8.28. The number of aromatic nitrogens is 2. The molecule has 0 aliphatic carbocycles. The smallest absolute Gasteiger partial charge is 0.410 e. The quantitative estimate of drug-likeness (QED) is 0.321. The van der Waals surface area contributed by atoms with E-state index in [4.69, 9.17) is 23.4 Å². The van der Waals surface area contributed by atoms with E-state index in [2.05, 4.69) is 15.3 Å². The molecule has 264 valence electrons. The Morgan fingerprint density at radius 1 is 1.06 bits per heavy atom. The van der Waals surface area contributed by atoms with E-state index in [0.29, 0.717) is 49.9 Å². The molecule has 15 nitrogen and oxygen atoms in total. The highest BCUT2D eigenvalue weighted by Gasteiger charge is 2.37. The minimum atomic E-state index is -1.12. The van der Waals surface area contributed by atoms with Crippen LogP contribution >= 0.6 is 0 Å². The summed E-state index contributed by atoms with van der Waals surface area (Å²) in [6.07, 6.45) is 1.17. The van der Waals surface area contributed by atoms with E-state index in [-0.39, 0.29) is 43.8 Å².